The number of aromatic nitrogens is 2. The Hall–Kier alpha value is -2.21. The minimum absolute atomic E-state index is 0.473. The van der Waals surface area contributed by atoms with Gasteiger partial charge >= 0.3 is 0 Å². The average molecular weight is 250 g/mol. The largest absolute Gasteiger partial charge is 0.594 e. The molecule has 1 aliphatic heterocycles. The van der Waals surface area contributed by atoms with E-state index < -0.39 is 0 Å². The number of fused-ring (bicyclic) bond motifs is 1. The molecule has 1 aliphatic rings. The molecule has 0 fully saturated rings. The third-order valence-corrected chi connectivity index (χ3v) is 2.61. The Morgan fingerprint density at radius 1 is 1.41 bits per heavy atom. The summed E-state index contributed by atoms with van der Waals surface area (Å²) in [7, 11) is 0. The highest BCUT2D eigenvalue weighted by Gasteiger charge is 2.13. The zero-order chi connectivity index (χ0) is 11.8. The van der Waals surface area contributed by atoms with Gasteiger partial charge in [0, 0.05) is 11.1 Å². The third-order valence-electron chi connectivity index (χ3n) is 2.38. The van der Waals surface area contributed by atoms with Crippen molar-refractivity contribution in [2.45, 2.75) is 0 Å². The molecule has 1 aromatic heterocycles. The summed E-state index contributed by atoms with van der Waals surface area (Å²) in [6, 6.07) is 6.88. The van der Waals surface area contributed by atoms with Gasteiger partial charge in [0.25, 0.3) is 5.36 Å². The minimum atomic E-state index is 0.473. The van der Waals surface area contributed by atoms with E-state index in [2.05, 4.69) is 10.6 Å². The van der Waals surface area contributed by atoms with Gasteiger partial charge in [-0.1, -0.05) is 22.0 Å². The number of hydrazine groups is 2. The van der Waals surface area contributed by atoms with Crippen molar-refractivity contribution >= 4 is 17.8 Å². The Kier molecular flexibility index (Phi) is 2.15. The first-order chi connectivity index (χ1) is 8.24. The van der Waals surface area contributed by atoms with Crippen LogP contribution in [0.25, 0.3) is 6.20 Å². The van der Waals surface area contributed by atoms with Gasteiger partial charge in [-0.2, -0.15) is 9.89 Å². The second-order valence-corrected chi connectivity index (χ2v) is 3.93. The van der Waals surface area contributed by atoms with Crippen LogP contribution >= 0.6 is 11.6 Å². The maximum atomic E-state index is 11.8. The summed E-state index contributed by atoms with van der Waals surface area (Å²) in [6.45, 7) is 0. The average Bonchev–Trinajstić information content (AvgIpc) is 2.83. The lowest BCUT2D eigenvalue weighted by molar-refractivity contribution is 0.432. The molecule has 0 spiro atoms. The predicted octanol–water partition coefficient (Wildman–Crippen LogP) is -0.665. The first-order valence-electron chi connectivity index (χ1n) is 4.91. The van der Waals surface area contributed by atoms with Crippen LogP contribution in [0, 0.1) is 5.21 Å². The number of hydrogen-bond acceptors (Lipinski definition) is 4. The number of hydrogen-bond donors (Lipinski definition) is 1. The van der Waals surface area contributed by atoms with Crippen LogP contribution in [-0.4, -0.2) is 9.89 Å². The molecule has 86 valence electrons. The van der Waals surface area contributed by atoms with E-state index in [1.165, 1.54) is 9.91 Å². The first kappa shape index (κ1) is 9.98. The van der Waals surface area contributed by atoms with Crippen LogP contribution in [0.2, 0.25) is 5.02 Å². The molecular weight excluding hydrogens is 242 g/mol. The Morgan fingerprint density at radius 2 is 2.29 bits per heavy atom. The lowest BCUT2D eigenvalue weighted by atomic mass is 10.3. The maximum Gasteiger partial charge on any atom is 0.254 e. The van der Waals surface area contributed by atoms with E-state index in [0.29, 0.717) is 15.2 Å². The number of nitrogens with one attached hydrogen (secondary N) is 1. The van der Waals surface area contributed by atoms with Gasteiger partial charge in [0.05, 0.1) is 23.8 Å². The van der Waals surface area contributed by atoms with Crippen molar-refractivity contribution < 1.29 is 0 Å². The fourth-order valence-electron chi connectivity index (χ4n) is 1.60. The summed E-state index contributed by atoms with van der Waals surface area (Å²) >= 11 is 5.84. The lowest BCUT2D eigenvalue weighted by Gasteiger charge is -2.21. The Morgan fingerprint density at radius 3 is 3.06 bits per heavy atom. The smallest absolute Gasteiger partial charge is 0.254 e. The van der Waals surface area contributed by atoms with Crippen LogP contribution < -0.4 is 26.1 Å². The fraction of sp³-hybridized carbons (Fsp3) is 0. The molecule has 7 heteroatoms. The van der Waals surface area contributed by atoms with E-state index >= 15 is 0 Å². The van der Waals surface area contributed by atoms with Crippen molar-refractivity contribution in [3.63, 3.8) is 0 Å². The van der Waals surface area contributed by atoms with Gasteiger partial charge < -0.3 is 5.21 Å². The molecular formula is C10H8ClN5O. The number of halogens is 1. The molecule has 0 saturated heterocycles. The Labute approximate surface area is 101 Å². The van der Waals surface area contributed by atoms with Crippen molar-refractivity contribution in [1.82, 2.24) is 20.3 Å². The predicted molar refractivity (Wildman–Crippen MR) is 63.4 cm³/mol. The van der Waals surface area contributed by atoms with Gasteiger partial charge in [-0.25, -0.2) is 0 Å². The van der Waals surface area contributed by atoms with E-state index in [9.17, 15) is 5.21 Å². The molecule has 0 radical (unpaired) electrons. The summed E-state index contributed by atoms with van der Waals surface area (Å²) in [5.41, 5.74) is 2.60. The fourth-order valence-corrected chi connectivity index (χ4v) is 1.77. The molecule has 0 atom stereocenters. The van der Waals surface area contributed by atoms with Gasteiger partial charge in [-0.3, -0.25) is 0 Å². The number of benzene rings is 1. The van der Waals surface area contributed by atoms with Crippen LogP contribution in [0.5, 0.6) is 0 Å². The summed E-state index contributed by atoms with van der Waals surface area (Å²) in [6.07, 6.45) is 5.10. The molecule has 17 heavy (non-hydrogen) atoms. The maximum absolute atomic E-state index is 11.8. The van der Waals surface area contributed by atoms with Crippen molar-refractivity contribution in [2.75, 3.05) is 5.12 Å². The van der Waals surface area contributed by atoms with Crippen molar-refractivity contribution in [1.29, 1.82) is 0 Å². The van der Waals surface area contributed by atoms with Crippen LogP contribution in [0.4, 0.5) is 0 Å². The molecule has 0 unspecified atom stereocenters. The van der Waals surface area contributed by atoms with Gasteiger partial charge in [-0.15, -0.1) is 5.12 Å². The van der Waals surface area contributed by atoms with Crippen LogP contribution in [0.1, 0.15) is 0 Å². The molecule has 2 aromatic rings. The van der Waals surface area contributed by atoms with Gasteiger partial charge in [0.2, 0.25) is 0 Å². The van der Waals surface area contributed by atoms with Crippen LogP contribution in [0.3, 0.4) is 0 Å². The molecule has 2 heterocycles. The lowest BCUT2D eigenvalue weighted by Crippen LogP contribution is -2.59. The van der Waals surface area contributed by atoms with Gasteiger partial charge in [0.1, 0.15) is 0 Å². The van der Waals surface area contributed by atoms with E-state index in [0.717, 1.165) is 5.22 Å². The van der Waals surface area contributed by atoms with Crippen molar-refractivity contribution in [3.8, 4) is 0 Å². The standard InChI is InChI=1S/C10H8ClN5O/c11-9-3-2-8-7-15(14-5-1-4-12-14)13-16(17)10(8)6-9/h1-7,13H. The summed E-state index contributed by atoms with van der Waals surface area (Å²) in [5.74, 6) is 0. The molecule has 1 aromatic carbocycles. The van der Waals surface area contributed by atoms with Gasteiger partial charge in [-0.05, 0) is 18.2 Å². The van der Waals surface area contributed by atoms with E-state index in [-0.39, 0.29) is 0 Å². The van der Waals surface area contributed by atoms with Crippen LogP contribution in [0.15, 0.2) is 36.7 Å². The molecule has 3 rings (SSSR count). The molecule has 0 aliphatic carbocycles. The van der Waals surface area contributed by atoms with Crippen molar-refractivity contribution in [2.24, 2.45) is 0 Å². The SMILES string of the molecule is [O-][N+]1=c2cc(Cl)ccc2=CN(n2cccn2)N1. The van der Waals surface area contributed by atoms with E-state index in [1.807, 2.05) is 0 Å². The monoisotopic (exact) mass is 249 g/mol. The normalized spacial score (nSPS) is 13.9. The highest BCUT2D eigenvalue weighted by Crippen LogP contribution is 2.00. The third kappa shape index (κ3) is 1.68. The highest BCUT2D eigenvalue weighted by atomic mass is 35.5. The second kappa shape index (κ2) is 3.67. The minimum Gasteiger partial charge on any atom is -0.594 e. The summed E-state index contributed by atoms with van der Waals surface area (Å²) < 4.78 is 0. The molecule has 6 nitrogen and oxygen atoms in total. The first-order valence-corrected chi connectivity index (χ1v) is 5.29. The molecule has 0 saturated carbocycles. The zero-order valence-corrected chi connectivity index (χ0v) is 9.37. The summed E-state index contributed by atoms with van der Waals surface area (Å²) in [5, 5.41) is 19.0. The molecule has 0 bridgehead atoms. The Balaban J connectivity index is 2.17. The topological polar surface area (TPSA) is 59.2 Å². The van der Waals surface area contributed by atoms with E-state index in [4.69, 9.17) is 11.6 Å². The quantitative estimate of drug-likeness (QED) is 0.538. The van der Waals surface area contributed by atoms with Crippen LogP contribution in [-0.2, 0) is 0 Å². The number of rotatable bonds is 1. The van der Waals surface area contributed by atoms with E-state index in [1.54, 1.807) is 42.9 Å². The number of nitrogens with zero attached hydrogens (tertiary/aromatic N) is 4. The summed E-state index contributed by atoms with van der Waals surface area (Å²) in [4.78, 5) is 2.14. The highest BCUT2D eigenvalue weighted by molar-refractivity contribution is 6.30. The Bertz CT molecular complexity index is 666. The van der Waals surface area contributed by atoms with Gasteiger partial charge in [0.15, 0.2) is 0 Å². The second-order valence-electron chi connectivity index (χ2n) is 3.50. The molecule has 0 amide bonds. The van der Waals surface area contributed by atoms with Crippen molar-refractivity contribution in [3.05, 3.63) is 57.5 Å². The zero-order valence-electron chi connectivity index (χ0n) is 8.62. The molecule has 1 N–H and O–H groups in total.